The molecule has 4 fully saturated rings. The van der Waals surface area contributed by atoms with Crippen molar-refractivity contribution in [3.63, 3.8) is 0 Å². The van der Waals surface area contributed by atoms with Crippen molar-refractivity contribution in [1.82, 2.24) is 5.32 Å². The first kappa shape index (κ1) is 3.97. The number of hydrogen-bond acceptors (Lipinski definition) is 1. The largest absolute Gasteiger partial charge is 0.310 e. The third kappa shape index (κ3) is 0.177. The summed E-state index contributed by atoms with van der Waals surface area (Å²) in [5, 5.41) is 3.65. The van der Waals surface area contributed by atoms with Crippen LogP contribution in [0, 0.1) is 10.8 Å². The van der Waals surface area contributed by atoms with Gasteiger partial charge in [-0.25, -0.2) is 0 Å². The standard InChI is InChI=1S/C8H11N/c1-2-7-3-6-8(7,4-7)5(1)9-6/h5-6,9H,1-4H2. The van der Waals surface area contributed by atoms with E-state index in [1.807, 2.05) is 0 Å². The molecule has 1 nitrogen and oxygen atoms in total. The maximum Gasteiger partial charge on any atom is 0.0152 e. The van der Waals surface area contributed by atoms with Crippen LogP contribution in [0.4, 0.5) is 0 Å². The Kier molecular flexibility index (Phi) is 0.323. The van der Waals surface area contributed by atoms with Crippen molar-refractivity contribution in [2.45, 2.75) is 37.8 Å². The van der Waals surface area contributed by atoms with Crippen LogP contribution in [0.15, 0.2) is 0 Å². The van der Waals surface area contributed by atoms with Gasteiger partial charge >= 0.3 is 0 Å². The molecule has 0 aromatic rings. The summed E-state index contributed by atoms with van der Waals surface area (Å²) in [6.07, 6.45) is 6.18. The molecule has 1 spiro atoms. The second-order valence-corrected chi connectivity index (χ2v) is 4.51. The molecule has 0 bridgehead atoms. The summed E-state index contributed by atoms with van der Waals surface area (Å²) in [5.41, 5.74) is 1.86. The SMILES string of the molecule is C1CC23CC4NC1C42C3. The molecule has 9 heavy (non-hydrogen) atoms. The van der Waals surface area contributed by atoms with Gasteiger partial charge in [-0.3, -0.25) is 0 Å². The lowest BCUT2D eigenvalue weighted by Gasteiger charge is -2.54. The minimum Gasteiger partial charge on any atom is -0.310 e. The maximum absolute atomic E-state index is 3.65. The van der Waals surface area contributed by atoms with Gasteiger partial charge in [-0.2, -0.15) is 0 Å². The van der Waals surface area contributed by atoms with E-state index in [-0.39, 0.29) is 0 Å². The molecule has 0 aromatic carbocycles. The summed E-state index contributed by atoms with van der Waals surface area (Å²) in [4.78, 5) is 0. The van der Waals surface area contributed by atoms with Gasteiger partial charge in [-0.1, -0.05) is 0 Å². The molecule has 4 aliphatic rings. The predicted molar refractivity (Wildman–Crippen MR) is 34.0 cm³/mol. The van der Waals surface area contributed by atoms with Crippen LogP contribution in [0.25, 0.3) is 0 Å². The van der Waals surface area contributed by atoms with Crippen molar-refractivity contribution in [3.8, 4) is 0 Å². The molecule has 0 aromatic heterocycles. The van der Waals surface area contributed by atoms with E-state index in [1.165, 1.54) is 12.8 Å². The van der Waals surface area contributed by atoms with Crippen LogP contribution in [0.5, 0.6) is 0 Å². The van der Waals surface area contributed by atoms with Crippen molar-refractivity contribution < 1.29 is 0 Å². The fourth-order valence-corrected chi connectivity index (χ4v) is 4.14. The van der Waals surface area contributed by atoms with E-state index in [2.05, 4.69) is 5.32 Å². The van der Waals surface area contributed by atoms with E-state index in [0.29, 0.717) is 0 Å². The second-order valence-electron chi connectivity index (χ2n) is 4.51. The van der Waals surface area contributed by atoms with E-state index in [0.717, 1.165) is 22.9 Å². The van der Waals surface area contributed by atoms with Crippen molar-refractivity contribution >= 4 is 0 Å². The summed E-state index contributed by atoms with van der Waals surface area (Å²) >= 11 is 0. The zero-order valence-corrected chi connectivity index (χ0v) is 5.48. The zero-order valence-electron chi connectivity index (χ0n) is 5.48. The molecule has 4 rings (SSSR count). The number of piperidine rings is 1. The molecule has 1 heteroatoms. The van der Waals surface area contributed by atoms with Gasteiger partial charge in [0.1, 0.15) is 0 Å². The summed E-state index contributed by atoms with van der Waals surface area (Å²) in [5.74, 6) is 0. The third-order valence-electron chi connectivity index (χ3n) is 4.65. The minimum atomic E-state index is 0.924. The van der Waals surface area contributed by atoms with Crippen molar-refractivity contribution in [2.24, 2.45) is 10.8 Å². The molecular formula is C8H11N. The molecule has 48 valence electrons. The van der Waals surface area contributed by atoms with Crippen molar-refractivity contribution in [2.75, 3.05) is 0 Å². The highest BCUT2D eigenvalue weighted by Crippen LogP contribution is 2.88. The first-order valence-corrected chi connectivity index (χ1v) is 4.14. The van der Waals surface area contributed by atoms with E-state index >= 15 is 0 Å². The number of rotatable bonds is 0. The normalized spacial score (nSPS) is 80.0. The van der Waals surface area contributed by atoms with Gasteiger partial charge in [0, 0.05) is 17.5 Å². The lowest BCUT2D eigenvalue weighted by atomic mass is 9.64. The van der Waals surface area contributed by atoms with Gasteiger partial charge < -0.3 is 5.32 Å². The van der Waals surface area contributed by atoms with Crippen LogP contribution in [-0.2, 0) is 0 Å². The lowest BCUT2D eigenvalue weighted by molar-refractivity contribution is 0.0162. The Hall–Kier alpha value is -0.0400. The molecule has 4 unspecified atom stereocenters. The Morgan fingerprint density at radius 2 is 2.33 bits per heavy atom. The van der Waals surface area contributed by atoms with Crippen LogP contribution in [-0.4, -0.2) is 12.1 Å². The first-order chi connectivity index (χ1) is 4.37. The molecule has 4 atom stereocenters. The highest BCUT2D eigenvalue weighted by molar-refractivity contribution is 5.41. The highest BCUT2D eigenvalue weighted by Gasteiger charge is 2.88. The molecular weight excluding hydrogens is 110 g/mol. The van der Waals surface area contributed by atoms with E-state index in [4.69, 9.17) is 0 Å². The Labute approximate surface area is 54.8 Å². The maximum atomic E-state index is 3.65. The van der Waals surface area contributed by atoms with Gasteiger partial charge in [0.2, 0.25) is 0 Å². The van der Waals surface area contributed by atoms with Gasteiger partial charge in [0.25, 0.3) is 0 Å². The molecule has 0 amide bonds. The highest BCUT2D eigenvalue weighted by atomic mass is 15.2. The fraction of sp³-hybridized carbons (Fsp3) is 1.00. The van der Waals surface area contributed by atoms with Crippen molar-refractivity contribution in [1.29, 1.82) is 0 Å². The number of hydrogen-bond donors (Lipinski definition) is 1. The van der Waals surface area contributed by atoms with Crippen LogP contribution < -0.4 is 5.32 Å². The van der Waals surface area contributed by atoms with Gasteiger partial charge in [0.15, 0.2) is 0 Å². The predicted octanol–water partition coefficient (Wildman–Crippen LogP) is 0.901. The van der Waals surface area contributed by atoms with Crippen LogP contribution >= 0.6 is 0 Å². The van der Waals surface area contributed by atoms with Crippen molar-refractivity contribution in [3.05, 3.63) is 0 Å². The quantitative estimate of drug-likeness (QED) is 0.502. The molecule has 1 heterocycles. The van der Waals surface area contributed by atoms with Crippen LogP contribution in [0.2, 0.25) is 0 Å². The average Bonchev–Trinajstić information content (AvgIpc) is 2.50. The second kappa shape index (κ2) is 0.731. The topological polar surface area (TPSA) is 12.0 Å². The smallest absolute Gasteiger partial charge is 0.0152 e. The fourth-order valence-electron chi connectivity index (χ4n) is 4.14. The van der Waals surface area contributed by atoms with Gasteiger partial charge in [-0.05, 0) is 31.1 Å². The summed E-state index contributed by atoms with van der Waals surface area (Å²) < 4.78 is 0. The minimum absolute atomic E-state index is 0.924. The Morgan fingerprint density at radius 1 is 1.33 bits per heavy atom. The lowest BCUT2D eigenvalue weighted by Crippen LogP contribution is -2.68. The summed E-state index contributed by atoms with van der Waals surface area (Å²) in [7, 11) is 0. The molecule has 1 N–H and O–H groups in total. The van der Waals surface area contributed by atoms with E-state index < -0.39 is 0 Å². The van der Waals surface area contributed by atoms with Gasteiger partial charge in [0.05, 0.1) is 0 Å². The van der Waals surface area contributed by atoms with E-state index in [1.54, 1.807) is 12.8 Å². The number of nitrogens with one attached hydrogen (secondary N) is 1. The Balaban J connectivity index is 1.99. The Morgan fingerprint density at radius 3 is 2.89 bits per heavy atom. The zero-order chi connectivity index (χ0) is 5.69. The monoisotopic (exact) mass is 121 g/mol. The van der Waals surface area contributed by atoms with Gasteiger partial charge in [-0.15, -0.1) is 0 Å². The Bertz CT molecular complexity index is 201. The third-order valence-corrected chi connectivity index (χ3v) is 4.65. The van der Waals surface area contributed by atoms with Crippen LogP contribution in [0.3, 0.4) is 0 Å². The molecule has 1 aliphatic heterocycles. The first-order valence-electron chi connectivity index (χ1n) is 4.14. The average molecular weight is 121 g/mol. The van der Waals surface area contributed by atoms with Crippen LogP contribution in [0.1, 0.15) is 25.7 Å². The summed E-state index contributed by atoms with van der Waals surface area (Å²) in [6, 6.07) is 1.97. The molecule has 1 saturated heterocycles. The summed E-state index contributed by atoms with van der Waals surface area (Å²) in [6.45, 7) is 0. The molecule has 0 radical (unpaired) electrons. The van der Waals surface area contributed by atoms with E-state index in [9.17, 15) is 0 Å². The molecule has 3 aliphatic carbocycles. The molecule has 3 saturated carbocycles.